The second-order valence-electron chi connectivity index (χ2n) is 7.52. The van der Waals surface area contributed by atoms with Crippen LogP contribution in [-0.2, 0) is 0 Å². The maximum atomic E-state index is 5.50. The SMILES string of the molecule is COc1ccccc1Nc1ncc(-c2ccc(OC)c(OC)c2)c(NC2CCNCC2)n1. The van der Waals surface area contributed by atoms with E-state index in [1.54, 1.807) is 21.3 Å². The van der Waals surface area contributed by atoms with Crippen LogP contribution < -0.4 is 30.2 Å². The summed E-state index contributed by atoms with van der Waals surface area (Å²) in [5.41, 5.74) is 2.65. The second kappa shape index (κ2) is 10.2. The molecule has 3 N–H and O–H groups in total. The molecule has 1 saturated heterocycles. The van der Waals surface area contributed by atoms with Crippen LogP contribution >= 0.6 is 0 Å². The molecule has 1 aromatic heterocycles. The summed E-state index contributed by atoms with van der Waals surface area (Å²) in [6.07, 6.45) is 3.89. The molecule has 0 atom stereocenters. The summed E-state index contributed by atoms with van der Waals surface area (Å²) in [6, 6.07) is 13.9. The quantitative estimate of drug-likeness (QED) is 0.488. The highest BCUT2D eigenvalue weighted by atomic mass is 16.5. The molecular formula is C24H29N5O3. The third kappa shape index (κ3) is 4.86. The molecule has 0 bridgehead atoms. The van der Waals surface area contributed by atoms with Crippen LogP contribution in [0.1, 0.15) is 12.8 Å². The van der Waals surface area contributed by atoms with Gasteiger partial charge in [0.15, 0.2) is 11.5 Å². The van der Waals surface area contributed by atoms with Gasteiger partial charge in [0.05, 0.1) is 27.0 Å². The number of hydrogen-bond donors (Lipinski definition) is 3. The first-order valence-electron chi connectivity index (χ1n) is 10.7. The third-order valence-corrected chi connectivity index (χ3v) is 5.52. The molecule has 0 unspecified atom stereocenters. The normalized spacial score (nSPS) is 14.0. The highest BCUT2D eigenvalue weighted by Crippen LogP contribution is 2.36. The zero-order valence-corrected chi connectivity index (χ0v) is 18.6. The summed E-state index contributed by atoms with van der Waals surface area (Å²) in [6.45, 7) is 1.97. The monoisotopic (exact) mass is 435 g/mol. The van der Waals surface area contributed by atoms with E-state index in [9.17, 15) is 0 Å². The van der Waals surface area contributed by atoms with E-state index < -0.39 is 0 Å². The van der Waals surface area contributed by atoms with Crippen molar-refractivity contribution in [3.63, 3.8) is 0 Å². The average Bonchev–Trinajstić information content (AvgIpc) is 2.85. The summed E-state index contributed by atoms with van der Waals surface area (Å²) in [5.74, 6) is 3.34. The Morgan fingerprint density at radius 1 is 0.906 bits per heavy atom. The molecule has 4 rings (SSSR count). The van der Waals surface area contributed by atoms with Crippen LogP contribution in [0, 0.1) is 0 Å². The van der Waals surface area contributed by atoms with Crippen LogP contribution in [0.5, 0.6) is 17.2 Å². The highest BCUT2D eigenvalue weighted by molar-refractivity contribution is 5.78. The summed E-state index contributed by atoms with van der Waals surface area (Å²) in [4.78, 5) is 9.41. The first-order valence-corrected chi connectivity index (χ1v) is 10.7. The Bertz CT molecular complexity index is 1050. The molecule has 0 spiro atoms. The Labute approximate surface area is 188 Å². The molecule has 0 saturated carbocycles. The van der Waals surface area contributed by atoms with Crippen molar-refractivity contribution < 1.29 is 14.2 Å². The first kappa shape index (κ1) is 21.7. The number of anilines is 3. The van der Waals surface area contributed by atoms with Gasteiger partial charge in [0, 0.05) is 17.8 Å². The molecule has 3 aromatic rings. The van der Waals surface area contributed by atoms with E-state index in [2.05, 4.69) is 20.9 Å². The van der Waals surface area contributed by atoms with Gasteiger partial charge in [0.2, 0.25) is 5.95 Å². The van der Waals surface area contributed by atoms with Gasteiger partial charge in [-0.25, -0.2) is 4.98 Å². The number of nitrogens with one attached hydrogen (secondary N) is 3. The lowest BCUT2D eigenvalue weighted by molar-refractivity contribution is 0.355. The molecule has 168 valence electrons. The molecule has 2 aromatic carbocycles. The molecule has 2 heterocycles. The van der Waals surface area contributed by atoms with Gasteiger partial charge in [0.1, 0.15) is 11.6 Å². The van der Waals surface area contributed by atoms with E-state index in [1.165, 1.54) is 0 Å². The van der Waals surface area contributed by atoms with Gasteiger partial charge < -0.3 is 30.2 Å². The number of aromatic nitrogens is 2. The molecule has 1 aliphatic rings. The molecule has 1 aliphatic heterocycles. The van der Waals surface area contributed by atoms with Gasteiger partial charge in [-0.15, -0.1) is 0 Å². The van der Waals surface area contributed by atoms with Crippen molar-refractivity contribution in [3.05, 3.63) is 48.7 Å². The van der Waals surface area contributed by atoms with Crippen molar-refractivity contribution in [2.24, 2.45) is 0 Å². The Kier molecular flexibility index (Phi) is 6.91. The van der Waals surface area contributed by atoms with Crippen LogP contribution in [-0.4, -0.2) is 50.4 Å². The van der Waals surface area contributed by atoms with E-state index in [4.69, 9.17) is 19.2 Å². The Morgan fingerprint density at radius 2 is 1.66 bits per heavy atom. The molecule has 32 heavy (non-hydrogen) atoms. The van der Waals surface area contributed by atoms with Crippen LogP contribution in [0.25, 0.3) is 11.1 Å². The van der Waals surface area contributed by atoms with Gasteiger partial charge in [0.25, 0.3) is 0 Å². The van der Waals surface area contributed by atoms with Crippen molar-refractivity contribution in [1.82, 2.24) is 15.3 Å². The molecule has 0 radical (unpaired) electrons. The number of piperidine rings is 1. The van der Waals surface area contributed by atoms with Crippen molar-refractivity contribution in [1.29, 1.82) is 0 Å². The number of methoxy groups -OCH3 is 3. The second-order valence-corrected chi connectivity index (χ2v) is 7.52. The number of para-hydroxylation sites is 2. The van der Waals surface area contributed by atoms with Crippen LogP contribution in [0.15, 0.2) is 48.7 Å². The van der Waals surface area contributed by atoms with Crippen LogP contribution in [0.2, 0.25) is 0 Å². The summed E-state index contributed by atoms with van der Waals surface area (Å²) in [5, 5.41) is 10.3. The minimum Gasteiger partial charge on any atom is -0.495 e. The Balaban J connectivity index is 1.70. The predicted molar refractivity (Wildman–Crippen MR) is 126 cm³/mol. The van der Waals surface area contributed by atoms with Gasteiger partial charge in [-0.2, -0.15) is 4.98 Å². The Hall–Kier alpha value is -3.52. The maximum Gasteiger partial charge on any atom is 0.229 e. The van der Waals surface area contributed by atoms with Gasteiger partial charge in [-0.3, -0.25) is 0 Å². The number of ether oxygens (including phenoxy) is 3. The van der Waals surface area contributed by atoms with Crippen molar-refractivity contribution in [2.75, 3.05) is 45.1 Å². The number of hydrogen-bond acceptors (Lipinski definition) is 8. The van der Waals surface area contributed by atoms with Crippen molar-refractivity contribution in [2.45, 2.75) is 18.9 Å². The van der Waals surface area contributed by atoms with Crippen LogP contribution in [0.3, 0.4) is 0 Å². The maximum absolute atomic E-state index is 5.50. The minimum absolute atomic E-state index is 0.337. The lowest BCUT2D eigenvalue weighted by Gasteiger charge is -2.25. The standard InChI is InChI=1S/C24H29N5O3/c1-30-20-7-5-4-6-19(20)28-24-26-15-18(16-8-9-21(31-2)22(14-16)32-3)23(29-24)27-17-10-12-25-13-11-17/h4-9,14-15,17,25H,10-13H2,1-3H3,(H2,26,27,28,29). The van der Waals surface area contributed by atoms with Gasteiger partial charge >= 0.3 is 0 Å². The zero-order valence-electron chi connectivity index (χ0n) is 18.6. The van der Waals surface area contributed by atoms with Gasteiger partial charge in [-0.1, -0.05) is 18.2 Å². The molecule has 8 nitrogen and oxygen atoms in total. The Morgan fingerprint density at radius 3 is 2.41 bits per heavy atom. The fraction of sp³-hybridized carbons (Fsp3) is 0.333. The van der Waals surface area contributed by atoms with Gasteiger partial charge in [-0.05, 0) is 55.8 Å². The van der Waals surface area contributed by atoms with E-state index in [1.807, 2.05) is 48.7 Å². The predicted octanol–water partition coefficient (Wildman–Crippen LogP) is 4.08. The molecule has 0 aliphatic carbocycles. The van der Waals surface area contributed by atoms with Crippen molar-refractivity contribution in [3.8, 4) is 28.4 Å². The van der Waals surface area contributed by atoms with E-state index in [-0.39, 0.29) is 0 Å². The minimum atomic E-state index is 0.337. The van der Waals surface area contributed by atoms with Crippen LogP contribution in [0.4, 0.5) is 17.5 Å². The van der Waals surface area contributed by atoms with E-state index in [0.29, 0.717) is 23.5 Å². The average molecular weight is 436 g/mol. The fourth-order valence-corrected chi connectivity index (χ4v) is 3.80. The zero-order chi connectivity index (χ0) is 22.3. The smallest absolute Gasteiger partial charge is 0.229 e. The summed E-state index contributed by atoms with van der Waals surface area (Å²) in [7, 11) is 4.90. The lowest BCUT2D eigenvalue weighted by atomic mass is 10.0. The molecule has 0 amide bonds. The highest BCUT2D eigenvalue weighted by Gasteiger charge is 2.18. The fourth-order valence-electron chi connectivity index (χ4n) is 3.80. The molecule has 8 heteroatoms. The number of nitrogens with zero attached hydrogens (tertiary/aromatic N) is 2. The first-order chi connectivity index (χ1) is 15.7. The van der Waals surface area contributed by atoms with Crippen molar-refractivity contribution >= 4 is 17.5 Å². The number of rotatable bonds is 8. The molecule has 1 fully saturated rings. The third-order valence-electron chi connectivity index (χ3n) is 5.52. The largest absolute Gasteiger partial charge is 0.495 e. The lowest BCUT2D eigenvalue weighted by Crippen LogP contribution is -2.35. The topological polar surface area (TPSA) is 89.6 Å². The summed E-state index contributed by atoms with van der Waals surface area (Å²) < 4.78 is 16.3. The summed E-state index contributed by atoms with van der Waals surface area (Å²) >= 11 is 0. The molecular weight excluding hydrogens is 406 g/mol. The van der Waals surface area contributed by atoms with E-state index >= 15 is 0 Å². The number of benzene rings is 2. The van der Waals surface area contributed by atoms with E-state index in [0.717, 1.165) is 54.3 Å².